The predicted octanol–water partition coefficient (Wildman–Crippen LogP) is 4.05. The molecule has 152 valence electrons. The topological polar surface area (TPSA) is 81.1 Å². The summed E-state index contributed by atoms with van der Waals surface area (Å²) < 4.78 is 5.17. The van der Waals surface area contributed by atoms with E-state index in [0.29, 0.717) is 17.3 Å². The summed E-state index contributed by atoms with van der Waals surface area (Å²) in [6.07, 6.45) is 6.81. The van der Waals surface area contributed by atoms with Crippen LogP contribution in [0.2, 0.25) is 0 Å². The summed E-state index contributed by atoms with van der Waals surface area (Å²) >= 11 is 1.39. The van der Waals surface area contributed by atoms with E-state index in [9.17, 15) is 4.79 Å². The van der Waals surface area contributed by atoms with E-state index in [1.165, 1.54) is 17.7 Å². The number of aromatic nitrogens is 4. The Labute approximate surface area is 178 Å². The zero-order valence-corrected chi connectivity index (χ0v) is 18.0. The van der Waals surface area contributed by atoms with Crippen molar-refractivity contribution in [2.45, 2.75) is 20.4 Å². The fourth-order valence-corrected chi connectivity index (χ4v) is 4.50. The molecule has 4 rings (SSSR count). The fraction of sp³-hybridized carbons (Fsp3) is 0.227. The van der Waals surface area contributed by atoms with Crippen molar-refractivity contribution in [1.29, 1.82) is 0 Å². The Morgan fingerprint density at radius 3 is 2.77 bits per heavy atom. The second-order valence-corrected chi connectivity index (χ2v) is 8.08. The van der Waals surface area contributed by atoms with E-state index >= 15 is 0 Å². The van der Waals surface area contributed by atoms with E-state index in [4.69, 9.17) is 4.74 Å². The molecule has 0 aliphatic carbocycles. The number of hydrogen-bond acceptors (Lipinski definition) is 7. The highest BCUT2D eigenvalue weighted by molar-refractivity contribution is 7.20. The van der Waals surface area contributed by atoms with Gasteiger partial charge in [-0.1, -0.05) is 0 Å². The first-order valence-corrected chi connectivity index (χ1v) is 10.2. The van der Waals surface area contributed by atoms with Crippen LogP contribution in [0.1, 0.15) is 26.4 Å². The van der Waals surface area contributed by atoms with Gasteiger partial charge in [-0.3, -0.25) is 9.78 Å². The summed E-state index contributed by atoms with van der Waals surface area (Å²) in [5.41, 5.74) is 4.60. The maximum absolute atomic E-state index is 13.2. The highest BCUT2D eigenvalue weighted by Crippen LogP contribution is 2.36. The molecular formula is C22H21N5O2S. The summed E-state index contributed by atoms with van der Waals surface area (Å²) in [5.74, 6) is 0.470. The van der Waals surface area contributed by atoms with E-state index in [1.807, 2.05) is 32.0 Å². The first-order chi connectivity index (χ1) is 14.5. The maximum Gasteiger partial charge on any atom is 0.264 e. The van der Waals surface area contributed by atoms with Gasteiger partial charge in [0.15, 0.2) is 0 Å². The number of fused-ring (bicyclic) bond motifs is 1. The molecule has 0 unspecified atom stereocenters. The van der Waals surface area contributed by atoms with Crippen LogP contribution in [0, 0.1) is 13.8 Å². The van der Waals surface area contributed by atoms with Gasteiger partial charge in [0.1, 0.15) is 11.2 Å². The van der Waals surface area contributed by atoms with Gasteiger partial charge in [0, 0.05) is 49.2 Å². The van der Waals surface area contributed by atoms with Gasteiger partial charge in [-0.15, -0.1) is 11.3 Å². The fourth-order valence-electron chi connectivity index (χ4n) is 3.36. The SMILES string of the molecule is COc1cc(CN(C)C(=O)c2sc3ncnc(-c4cncc(C)c4)c3c2C)ccn1. The quantitative estimate of drug-likeness (QED) is 0.486. The van der Waals surface area contributed by atoms with Crippen LogP contribution < -0.4 is 4.74 Å². The molecule has 0 saturated carbocycles. The number of pyridine rings is 2. The maximum atomic E-state index is 13.2. The van der Waals surface area contributed by atoms with Crippen LogP contribution in [-0.2, 0) is 6.54 Å². The van der Waals surface area contributed by atoms with Crippen molar-refractivity contribution in [3.63, 3.8) is 0 Å². The molecule has 0 N–H and O–H groups in total. The molecular weight excluding hydrogens is 398 g/mol. The molecule has 0 fully saturated rings. The number of amides is 1. The molecule has 0 bridgehead atoms. The zero-order chi connectivity index (χ0) is 21.3. The van der Waals surface area contributed by atoms with Crippen LogP contribution in [0.15, 0.2) is 43.1 Å². The van der Waals surface area contributed by atoms with E-state index in [1.54, 1.807) is 37.6 Å². The smallest absolute Gasteiger partial charge is 0.264 e. The summed E-state index contributed by atoms with van der Waals surface area (Å²) in [6.45, 7) is 4.39. The van der Waals surface area contributed by atoms with Crippen LogP contribution in [0.5, 0.6) is 5.88 Å². The molecule has 0 radical (unpaired) electrons. The Balaban J connectivity index is 1.70. The van der Waals surface area contributed by atoms with Gasteiger partial charge in [0.05, 0.1) is 17.7 Å². The largest absolute Gasteiger partial charge is 0.481 e. The summed E-state index contributed by atoms with van der Waals surface area (Å²) in [6, 6.07) is 5.74. The lowest BCUT2D eigenvalue weighted by atomic mass is 10.1. The predicted molar refractivity (Wildman–Crippen MR) is 117 cm³/mol. The average Bonchev–Trinajstić information content (AvgIpc) is 3.10. The summed E-state index contributed by atoms with van der Waals surface area (Å²) in [5, 5.41) is 0.900. The molecule has 0 aromatic carbocycles. The van der Waals surface area contributed by atoms with Gasteiger partial charge >= 0.3 is 0 Å². The summed E-state index contributed by atoms with van der Waals surface area (Å²) in [7, 11) is 3.36. The third-order valence-corrected chi connectivity index (χ3v) is 6.03. The van der Waals surface area contributed by atoms with Crippen LogP contribution >= 0.6 is 11.3 Å². The van der Waals surface area contributed by atoms with E-state index in [0.717, 1.165) is 38.2 Å². The minimum absolute atomic E-state index is 0.0559. The monoisotopic (exact) mass is 419 g/mol. The number of carbonyl (C=O) groups excluding carboxylic acids is 1. The number of methoxy groups -OCH3 is 1. The highest BCUT2D eigenvalue weighted by Gasteiger charge is 2.22. The Hall–Kier alpha value is -3.39. The highest BCUT2D eigenvalue weighted by atomic mass is 32.1. The van der Waals surface area contributed by atoms with E-state index in [2.05, 4.69) is 19.9 Å². The van der Waals surface area contributed by atoms with Crippen molar-refractivity contribution in [3.8, 4) is 17.1 Å². The molecule has 0 aliphatic rings. The van der Waals surface area contributed by atoms with Crippen LogP contribution in [0.3, 0.4) is 0 Å². The van der Waals surface area contributed by atoms with Crippen LogP contribution in [0.25, 0.3) is 21.5 Å². The van der Waals surface area contributed by atoms with Crippen molar-refractivity contribution in [1.82, 2.24) is 24.8 Å². The number of carbonyl (C=O) groups is 1. The zero-order valence-electron chi connectivity index (χ0n) is 17.2. The van der Waals surface area contributed by atoms with Crippen molar-refractivity contribution in [2.75, 3.05) is 14.2 Å². The molecule has 8 heteroatoms. The lowest BCUT2D eigenvalue weighted by Gasteiger charge is -2.17. The number of ether oxygens (including phenoxy) is 1. The minimum atomic E-state index is -0.0559. The molecule has 0 atom stereocenters. The molecule has 0 spiro atoms. The Bertz CT molecular complexity index is 1240. The second-order valence-electron chi connectivity index (χ2n) is 7.08. The summed E-state index contributed by atoms with van der Waals surface area (Å²) in [4.78, 5) is 33.7. The standard InChI is InChI=1S/C22H21N5O2S/c1-13-7-16(10-23-9-13)19-18-14(2)20(30-21(18)26-12-25-19)22(28)27(3)11-15-5-6-24-17(8-15)29-4/h5-10,12H,11H2,1-4H3. The van der Waals surface area contributed by atoms with Gasteiger partial charge < -0.3 is 9.64 Å². The van der Waals surface area contributed by atoms with Crippen molar-refractivity contribution < 1.29 is 9.53 Å². The molecule has 7 nitrogen and oxygen atoms in total. The first-order valence-electron chi connectivity index (χ1n) is 9.38. The Kier molecular flexibility index (Phi) is 5.41. The molecule has 4 heterocycles. The minimum Gasteiger partial charge on any atom is -0.481 e. The number of nitrogens with zero attached hydrogens (tertiary/aromatic N) is 5. The average molecular weight is 420 g/mol. The van der Waals surface area contributed by atoms with Crippen LogP contribution in [0.4, 0.5) is 0 Å². The van der Waals surface area contributed by atoms with E-state index < -0.39 is 0 Å². The third kappa shape index (κ3) is 3.73. The molecule has 30 heavy (non-hydrogen) atoms. The molecule has 4 aromatic rings. The molecule has 0 aliphatic heterocycles. The van der Waals surface area contributed by atoms with E-state index in [-0.39, 0.29) is 5.91 Å². The second kappa shape index (κ2) is 8.16. The van der Waals surface area contributed by atoms with Crippen molar-refractivity contribution >= 4 is 27.5 Å². The van der Waals surface area contributed by atoms with Crippen LogP contribution in [-0.4, -0.2) is 44.9 Å². The molecule has 1 amide bonds. The van der Waals surface area contributed by atoms with Crippen molar-refractivity contribution in [2.24, 2.45) is 0 Å². The molecule has 4 aromatic heterocycles. The normalized spacial score (nSPS) is 10.9. The third-order valence-electron chi connectivity index (χ3n) is 4.84. The number of thiophene rings is 1. The lowest BCUT2D eigenvalue weighted by Crippen LogP contribution is -2.26. The lowest BCUT2D eigenvalue weighted by molar-refractivity contribution is 0.0789. The Morgan fingerprint density at radius 1 is 1.17 bits per heavy atom. The van der Waals surface area contributed by atoms with Gasteiger partial charge in [0.2, 0.25) is 5.88 Å². The van der Waals surface area contributed by atoms with Gasteiger partial charge in [-0.25, -0.2) is 15.0 Å². The van der Waals surface area contributed by atoms with Gasteiger partial charge in [-0.2, -0.15) is 0 Å². The number of hydrogen-bond donors (Lipinski definition) is 0. The first kappa shape index (κ1) is 19.9. The number of rotatable bonds is 5. The number of aryl methyl sites for hydroxylation is 2. The molecule has 0 saturated heterocycles. The van der Waals surface area contributed by atoms with Gasteiger partial charge in [0.25, 0.3) is 5.91 Å². The van der Waals surface area contributed by atoms with Gasteiger partial charge in [-0.05, 0) is 42.7 Å². The van der Waals surface area contributed by atoms with Crippen molar-refractivity contribution in [3.05, 3.63) is 64.7 Å². The Morgan fingerprint density at radius 2 is 2.00 bits per heavy atom.